The van der Waals surface area contributed by atoms with E-state index in [4.69, 9.17) is 4.74 Å². The Morgan fingerprint density at radius 1 is 1.00 bits per heavy atom. The highest BCUT2D eigenvalue weighted by atomic mass is 32.2. The topological polar surface area (TPSA) is 94.8 Å². The van der Waals surface area contributed by atoms with Crippen LogP contribution in [0.2, 0.25) is 0 Å². The van der Waals surface area contributed by atoms with Crippen LogP contribution >= 0.6 is 23.1 Å². The second kappa shape index (κ2) is 11.8. The summed E-state index contributed by atoms with van der Waals surface area (Å²) in [6.07, 6.45) is -0.282. The van der Waals surface area contributed by atoms with Gasteiger partial charge in [0.1, 0.15) is 10.8 Å². The van der Waals surface area contributed by atoms with Gasteiger partial charge in [0, 0.05) is 12.5 Å². The summed E-state index contributed by atoms with van der Waals surface area (Å²) in [6, 6.07) is 8.17. The number of amides is 1. The van der Waals surface area contributed by atoms with Crippen molar-refractivity contribution < 1.29 is 9.53 Å². The number of anilines is 1. The van der Waals surface area contributed by atoms with Crippen LogP contribution in [0.3, 0.4) is 0 Å². The third-order valence-electron chi connectivity index (χ3n) is 5.03. The molecule has 8 nitrogen and oxygen atoms in total. The molecule has 1 unspecified atom stereocenters. The van der Waals surface area contributed by atoms with Crippen LogP contribution in [0.4, 0.5) is 5.13 Å². The van der Waals surface area contributed by atoms with E-state index in [0.717, 1.165) is 23.1 Å². The summed E-state index contributed by atoms with van der Waals surface area (Å²) in [5.74, 6) is 2.74. The van der Waals surface area contributed by atoms with E-state index < -0.39 is 0 Å². The van der Waals surface area contributed by atoms with Gasteiger partial charge in [-0.3, -0.25) is 10.1 Å². The first-order chi connectivity index (χ1) is 16.1. The summed E-state index contributed by atoms with van der Waals surface area (Å²) in [6.45, 7) is 15.4. The lowest BCUT2D eigenvalue weighted by Crippen LogP contribution is -2.17. The van der Waals surface area contributed by atoms with Gasteiger partial charge in [0.25, 0.3) is 0 Å². The Labute approximate surface area is 209 Å². The van der Waals surface area contributed by atoms with E-state index in [0.29, 0.717) is 22.1 Å². The number of benzene rings is 1. The highest BCUT2D eigenvalue weighted by molar-refractivity contribution is 7.99. The predicted molar refractivity (Wildman–Crippen MR) is 138 cm³/mol. The third kappa shape index (κ3) is 7.02. The Morgan fingerprint density at radius 3 is 2.29 bits per heavy atom. The van der Waals surface area contributed by atoms with E-state index >= 15 is 0 Å². The molecule has 1 aromatic carbocycles. The maximum absolute atomic E-state index is 12.5. The molecule has 0 fully saturated rings. The summed E-state index contributed by atoms with van der Waals surface area (Å²) < 4.78 is 8.22. The number of rotatable bonds is 11. The monoisotopic (exact) mass is 502 g/mol. The standard InChI is InChI=1S/C24H34N6O2S2/c1-14(2)12-30-21(17(7)32-19-10-8-18(9-11-19)15(3)4)26-29-24(30)33-13-20(31)25-23-28-27-22(34-23)16(5)6/h8-11,14-17H,12-13H2,1-7H3,(H,25,28,31). The molecule has 1 atom stereocenters. The molecule has 0 bridgehead atoms. The second-order valence-corrected chi connectivity index (χ2v) is 11.2. The predicted octanol–water partition coefficient (Wildman–Crippen LogP) is 5.90. The lowest BCUT2D eigenvalue weighted by atomic mass is 10.0. The molecule has 3 rings (SSSR count). The fourth-order valence-corrected chi connectivity index (χ4v) is 4.75. The van der Waals surface area contributed by atoms with Gasteiger partial charge < -0.3 is 9.30 Å². The minimum Gasteiger partial charge on any atom is -0.483 e. The van der Waals surface area contributed by atoms with Crippen LogP contribution < -0.4 is 10.1 Å². The zero-order chi connectivity index (χ0) is 24.8. The molecule has 2 aromatic heterocycles. The fourth-order valence-electron chi connectivity index (χ4n) is 3.24. The number of nitrogens with one attached hydrogen (secondary N) is 1. The van der Waals surface area contributed by atoms with Crippen LogP contribution in [0.15, 0.2) is 29.4 Å². The Balaban J connectivity index is 1.67. The van der Waals surface area contributed by atoms with Gasteiger partial charge >= 0.3 is 0 Å². The van der Waals surface area contributed by atoms with Gasteiger partial charge in [0.2, 0.25) is 11.0 Å². The highest BCUT2D eigenvalue weighted by Crippen LogP contribution is 2.27. The summed E-state index contributed by atoms with van der Waals surface area (Å²) in [5.41, 5.74) is 1.27. The number of hydrogen-bond donors (Lipinski definition) is 1. The molecule has 184 valence electrons. The summed E-state index contributed by atoms with van der Waals surface area (Å²) in [4.78, 5) is 12.5. The van der Waals surface area contributed by atoms with Crippen LogP contribution in [-0.2, 0) is 11.3 Å². The highest BCUT2D eigenvalue weighted by Gasteiger charge is 2.21. The summed E-state index contributed by atoms with van der Waals surface area (Å²) in [5, 5.41) is 21.9. The van der Waals surface area contributed by atoms with Gasteiger partial charge in [-0.1, -0.05) is 76.8 Å². The minimum atomic E-state index is -0.282. The van der Waals surface area contributed by atoms with E-state index in [2.05, 4.69) is 70.1 Å². The smallest absolute Gasteiger partial charge is 0.236 e. The van der Waals surface area contributed by atoms with Crippen molar-refractivity contribution in [2.45, 2.75) is 78.1 Å². The summed E-state index contributed by atoms with van der Waals surface area (Å²) in [7, 11) is 0. The van der Waals surface area contributed by atoms with E-state index in [1.807, 2.05) is 32.9 Å². The molecular weight excluding hydrogens is 468 g/mol. The van der Waals surface area contributed by atoms with Gasteiger partial charge in [0.05, 0.1) is 5.75 Å². The largest absolute Gasteiger partial charge is 0.483 e. The molecule has 0 aliphatic carbocycles. The SMILES string of the molecule is CC(C)Cn1c(SCC(=O)Nc2nnc(C(C)C)s2)nnc1C(C)Oc1ccc(C(C)C)cc1. The van der Waals surface area contributed by atoms with Crippen molar-refractivity contribution in [3.8, 4) is 5.75 Å². The number of aromatic nitrogens is 5. The number of carbonyl (C=O) groups is 1. The number of carbonyl (C=O) groups excluding carboxylic acids is 1. The number of hydrogen-bond acceptors (Lipinski definition) is 8. The molecule has 3 aromatic rings. The van der Waals surface area contributed by atoms with E-state index in [-0.39, 0.29) is 23.7 Å². The van der Waals surface area contributed by atoms with Gasteiger partial charge in [-0.05, 0) is 36.5 Å². The van der Waals surface area contributed by atoms with Crippen LogP contribution in [0.5, 0.6) is 5.75 Å². The van der Waals surface area contributed by atoms with Gasteiger partial charge in [-0.25, -0.2) is 0 Å². The second-order valence-electron chi connectivity index (χ2n) is 9.27. The lowest BCUT2D eigenvalue weighted by molar-refractivity contribution is -0.113. The van der Waals surface area contributed by atoms with Crippen LogP contribution in [-0.4, -0.2) is 36.6 Å². The first-order valence-electron chi connectivity index (χ1n) is 11.6. The van der Waals surface area contributed by atoms with E-state index in [9.17, 15) is 4.79 Å². The van der Waals surface area contributed by atoms with Gasteiger partial charge in [-0.15, -0.1) is 20.4 Å². The van der Waals surface area contributed by atoms with Crippen molar-refractivity contribution in [1.29, 1.82) is 0 Å². The molecule has 0 spiro atoms. The zero-order valence-electron chi connectivity index (χ0n) is 20.9. The number of ether oxygens (including phenoxy) is 1. The van der Waals surface area contributed by atoms with Crippen molar-refractivity contribution in [3.63, 3.8) is 0 Å². The lowest BCUT2D eigenvalue weighted by Gasteiger charge is -2.18. The molecule has 1 amide bonds. The maximum atomic E-state index is 12.5. The molecular formula is C24H34N6O2S2. The average Bonchev–Trinajstić information content (AvgIpc) is 3.39. The first kappa shape index (κ1) is 26.2. The third-order valence-corrected chi connectivity index (χ3v) is 7.14. The number of thioether (sulfide) groups is 1. The van der Waals surface area contributed by atoms with Crippen molar-refractivity contribution in [3.05, 3.63) is 40.7 Å². The van der Waals surface area contributed by atoms with Crippen LogP contribution in [0, 0.1) is 5.92 Å². The molecule has 0 aliphatic rings. The Bertz CT molecular complexity index is 1080. The van der Waals surface area contributed by atoms with Crippen molar-refractivity contribution in [2.24, 2.45) is 5.92 Å². The van der Waals surface area contributed by atoms with Crippen molar-refractivity contribution >= 4 is 34.1 Å². The van der Waals surface area contributed by atoms with E-state index in [1.165, 1.54) is 28.7 Å². The molecule has 0 radical (unpaired) electrons. The Morgan fingerprint density at radius 2 is 1.71 bits per heavy atom. The molecule has 2 heterocycles. The van der Waals surface area contributed by atoms with Crippen LogP contribution in [0.1, 0.15) is 82.8 Å². The normalized spacial score (nSPS) is 12.5. The Hall–Kier alpha value is -2.46. The molecule has 0 aliphatic heterocycles. The molecule has 10 heteroatoms. The van der Waals surface area contributed by atoms with Crippen molar-refractivity contribution in [1.82, 2.24) is 25.0 Å². The maximum Gasteiger partial charge on any atom is 0.236 e. The molecule has 0 saturated heterocycles. The molecule has 0 saturated carbocycles. The van der Waals surface area contributed by atoms with Crippen LogP contribution in [0.25, 0.3) is 0 Å². The quantitative estimate of drug-likeness (QED) is 0.326. The zero-order valence-corrected chi connectivity index (χ0v) is 22.5. The van der Waals surface area contributed by atoms with Gasteiger partial charge in [0.15, 0.2) is 17.1 Å². The fraction of sp³-hybridized carbons (Fsp3) is 0.542. The molecule has 34 heavy (non-hydrogen) atoms. The van der Waals surface area contributed by atoms with Gasteiger partial charge in [-0.2, -0.15) is 0 Å². The minimum absolute atomic E-state index is 0.147. The molecule has 1 N–H and O–H groups in total. The average molecular weight is 503 g/mol. The number of nitrogens with zero attached hydrogens (tertiary/aromatic N) is 5. The van der Waals surface area contributed by atoms with Crippen molar-refractivity contribution in [2.75, 3.05) is 11.1 Å². The Kier molecular flexibility index (Phi) is 9.07. The summed E-state index contributed by atoms with van der Waals surface area (Å²) >= 11 is 2.76. The van der Waals surface area contributed by atoms with E-state index in [1.54, 1.807) is 0 Å². The first-order valence-corrected chi connectivity index (χ1v) is 13.4.